The van der Waals surface area contributed by atoms with Crippen LogP contribution in [0.4, 0.5) is 0 Å². The Bertz CT molecular complexity index is 597. The molecule has 0 saturated heterocycles. The van der Waals surface area contributed by atoms with Crippen LogP contribution in [0, 0.1) is 17.3 Å². The molecule has 22 heavy (non-hydrogen) atoms. The van der Waals surface area contributed by atoms with Gasteiger partial charge in [0.1, 0.15) is 6.33 Å². The summed E-state index contributed by atoms with van der Waals surface area (Å²) in [5.41, 5.74) is -0.272. The van der Waals surface area contributed by atoms with Crippen molar-refractivity contribution in [1.82, 2.24) is 20.1 Å². The maximum Gasteiger partial charge on any atom is 0.242 e. The number of aromatic nitrogens is 3. The van der Waals surface area contributed by atoms with Crippen LogP contribution in [0.25, 0.3) is 0 Å². The third-order valence-electron chi connectivity index (χ3n) is 5.88. The van der Waals surface area contributed by atoms with Crippen molar-refractivity contribution in [1.29, 1.82) is 0 Å². The number of amides is 1. The van der Waals surface area contributed by atoms with E-state index in [2.05, 4.69) is 15.4 Å². The lowest BCUT2D eigenvalue weighted by Gasteiger charge is -2.61. The monoisotopic (exact) mass is 322 g/mol. The largest absolute Gasteiger partial charge is 0.353 e. The zero-order valence-electron chi connectivity index (χ0n) is 13.2. The second-order valence-electron chi connectivity index (χ2n) is 8.05. The van der Waals surface area contributed by atoms with Crippen molar-refractivity contribution >= 4 is 17.5 Å². The van der Waals surface area contributed by atoms with Crippen LogP contribution in [0.1, 0.15) is 52.4 Å². The highest BCUT2D eigenvalue weighted by atomic mass is 35.5. The van der Waals surface area contributed by atoms with Crippen LogP contribution in [0.2, 0.25) is 5.28 Å². The molecule has 1 aromatic rings. The number of nitrogens with one attached hydrogen (secondary N) is 1. The number of carbonyl (C=O) groups excluding carboxylic acids is 1. The van der Waals surface area contributed by atoms with Crippen molar-refractivity contribution in [2.24, 2.45) is 17.3 Å². The van der Waals surface area contributed by atoms with Crippen LogP contribution in [-0.4, -0.2) is 26.7 Å². The van der Waals surface area contributed by atoms with Gasteiger partial charge in [0, 0.05) is 6.04 Å². The number of carbonyl (C=O) groups is 1. The zero-order chi connectivity index (χ0) is 15.5. The average Bonchev–Trinajstić information content (AvgIpc) is 2.84. The second kappa shape index (κ2) is 4.70. The maximum atomic E-state index is 12.9. The number of nitrogens with zero attached hydrogens (tertiary/aromatic N) is 3. The molecule has 1 heterocycles. The van der Waals surface area contributed by atoms with E-state index >= 15 is 0 Å². The molecule has 4 fully saturated rings. The molecular weight excluding hydrogens is 300 g/mol. The molecule has 0 radical (unpaired) electrons. The summed E-state index contributed by atoms with van der Waals surface area (Å²) in [6.45, 7) is 4.07. The Balaban J connectivity index is 1.70. The molecule has 4 aliphatic rings. The lowest BCUT2D eigenvalue weighted by Crippen LogP contribution is -2.61. The summed E-state index contributed by atoms with van der Waals surface area (Å²) < 4.78 is 1.96. The van der Waals surface area contributed by atoms with Crippen molar-refractivity contribution in [3.05, 3.63) is 11.6 Å². The maximum absolute atomic E-state index is 12.9. The average molecular weight is 323 g/mol. The molecule has 5 rings (SSSR count). The van der Waals surface area contributed by atoms with Gasteiger partial charge in [0.25, 0.3) is 0 Å². The summed E-state index contributed by atoms with van der Waals surface area (Å²) in [5.74, 6) is 1.50. The molecule has 2 unspecified atom stereocenters. The normalized spacial score (nSPS) is 39.5. The first-order valence-electron chi connectivity index (χ1n) is 8.29. The van der Waals surface area contributed by atoms with Crippen LogP contribution in [0.5, 0.6) is 0 Å². The molecular formula is C16H23ClN4O. The van der Waals surface area contributed by atoms with Gasteiger partial charge in [0.2, 0.25) is 11.2 Å². The number of rotatable bonds is 3. The molecule has 4 bridgehead atoms. The van der Waals surface area contributed by atoms with Gasteiger partial charge in [-0.05, 0) is 75.8 Å². The second-order valence-corrected chi connectivity index (χ2v) is 8.39. The Labute approximate surface area is 135 Å². The Hall–Kier alpha value is -1.10. The Kier molecular flexibility index (Phi) is 3.09. The minimum atomic E-state index is -0.215. The molecule has 4 saturated carbocycles. The van der Waals surface area contributed by atoms with Crippen LogP contribution in [0.3, 0.4) is 0 Å². The molecule has 2 atom stereocenters. The van der Waals surface area contributed by atoms with Crippen molar-refractivity contribution < 1.29 is 4.79 Å². The summed E-state index contributed by atoms with van der Waals surface area (Å²) in [6, 6.07) is 0.192. The molecule has 6 heteroatoms. The number of hydrogen-bond acceptors (Lipinski definition) is 3. The quantitative estimate of drug-likeness (QED) is 0.930. The van der Waals surface area contributed by atoms with Gasteiger partial charge in [-0.25, -0.2) is 9.67 Å². The van der Waals surface area contributed by atoms with Gasteiger partial charge in [-0.1, -0.05) is 0 Å². The minimum absolute atomic E-state index is 0.0570. The van der Waals surface area contributed by atoms with E-state index in [1.165, 1.54) is 6.42 Å². The summed E-state index contributed by atoms with van der Waals surface area (Å²) in [7, 11) is 0. The van der Waals surface area contributed by atoms with E-state index in [9.17, 15) is 4.79 Å². The van der Waals surface area contributed by atoms with E-state index in [1.54, 1.807) is 6.33 Å². The topological polar surface area (TPSA) is 59.8 Å². The van der Waals surface area contributed by atoms with E-state index in [4.69, 9.17) is 11.6 Å². The SMILES string of the molecule is CC(C)NC(=O)C12CC3CC(C1)CC(n1cnc(Cl)n1)(C3)C2. The molecule has 1 aromatic heterocycles. The molecule has 0 aliphatic heterocycles. The van der Waals surface area contributed by atoms with E-state index in [0.717, 1.165) is 32.1 Å². The summed E-state index contributed by atoms with van der Waals surface area (Å²) in [5, 5.41) is 7.86. The number of halogens is 1. The van der Waals surface area contributed by atoms with E-state index in [1.807, 2.05) is 18.5 Å². The van der Waals surface area contributed by atoms with Gasteiger partial charge < -0.3 is 5.32 Å². The highest BCUT2D eigenvalue weighted by Gasteiger charge is 2.61. The highest BCUT2D eigenvalue weighted by Crippen LogP contribution is 2.64. The van der Waals surface area contributed by atoms with Gasteiger partial charge in [-0.3, -0.25) is 4.79 Å². The van der Waals surface area contributed by atoms with E-state index in [-0.39, 0.29) is 22.9 Å². The Morgan fingerprint density at radius 2 is 2.05 bits per heavy atom. The zero-order valence-corrected chi connectivity index (χ0v) is 13.9. The van der Waals surface area contributed by atoms with Crippen LogP contribution in [-0.2, 0) is 10.3 Å². The lowest BCUT2D eigenvalue weighted by atomic mass is 9.46. The highest BCUT2D eigenvalue weighted by molar-refractivity contribution is 6.28. The Morgan fingerprint density at radius 3 is 2.59 bits per heavy atom. The van der Waals surface area contributed by atoms with Crippen molar-refractivity contribution in [2.45, 2.75) is 64.0 Å². The fourth-order valence-corrected chi connectivity index (χ4v) is 5.76. The predicted molar refractivity (Wildman–Crippen MR) is 83.4 cm³/mol. The van der Waals surface area contributed by atoms with Gasteiger partial charge >= 0.3 is 0 Å². The fraction of sp³-hybridized carbons (Fsp3) is 0.812. The van der Waals surface area contributed by atoms with E-state index < -0.39 is 0 Å². The molecule has 5 nitrogen and oxygen atoms in total. The summed E-state index contributed by atoms with van der Waals surface area (Å²) in [4.78, 5) is 17.0. The summed E-state index contributed by atoms with van der Waals surface area (Å²) in [6.07, 6.45) is 8.19. The molecule has 0 aromatic carbocycles. The standard InChI is InChI=1S/C16H23ClN4O/c1-10(2)19-13(22)15-4-11-3-12(5-15)7-16(6-11,8-15)21-9-18-14(17)20-21/h9-12H,3-8H2,1-2H3,(H,19,22). The Morgan fingerprint density at radius 1 is 1.36 bits per heavy atom. The lowest BCUT2D eigenvalue weighted by molar-refractivity contribution is -0.156. The van der Waals surface area contributed by atoms with E-state index in [0.29, 0.717) is 17.1 Å². The predicted octanol–water partition coefficient (Wildman–Crippen LogP) is 2.75. The van der Waals surface area contributed by atoms with Crippen LogP contribution >= 0.6 is 11.6 Å². The first kappa shape index (κ1) is 14.5. The fourth-order valence-electron chi connectivity index (χ4n) is 5.63. The van der Waals surface area contributed by atoms with Crippen molar-refractivity contribution in [3.63, 3.8) is 0 Å². The van der Waals surface area contributed by atoms with Crippen molar-refractivity contribution in [2.75, 3.05) is 0 Å². The molecule has 1 N–H and O–H groups in total. The van der Waals surface area contributed by atoms with Crippen LogP contribution < -0.4 is 5.32 Å². The van der Waals surface area contributed by atoms with Gasteiger partial charge in [-0.15, -0.1) is 5.10 Å². The summed E-state index contributed by atoms with van der Waals surface area (Å²) >= 11 is 5.94. The third kappa shape index (κ3) is 2.08. The smallest absolute Gasteiger partial charge is 0.242 e. The van der Waals surface area contributed by atoms with Crippen LogP contribution in [0.15, 0.2) is 6.33 Å². The van der Waals surface area contributed by atoms with Gasteiger partial charge in [0.05, 0.1) is 11.0 Å². The molecule has 0 spiro atoms. The first-order chi connectivity index (χ1) is 10.4. The third-order valence-corrected chi connectivity index (χ3v) is 6.05. The van der Waals surface area contributed by atoms with Gasteiger partial charge in [0.15, 0.2) is 0 Å². The number of hydrogen-bond donors (Lipinski definition) is 1. The molecule has 120 valence electrons. The minimum Gasteiger partial charge on any atom is -0.353 e. The van der Waals surface area contributed by atoms with Gasteiger partial charge in [-0.2, -0.15) is 0 Å². The van der Waals surface area contributed by atoms with Crippen molar-refractivity contribution in [3.8, 4) is 0 Å². The molecule has 4 aliphatic carbocycles. The molecule has 1 amide bonds. The first-order valence-corrected chi connectivity index (χ1v) is 8.67.